The van der Waals surface area contributed by atoms with Gasteiger partial charge in [0.2, 0.25) is 0 Å². The molecule has 0 saturated carbocycles. The Morgan fingerprint density at radius 3 is 2.61 bits per heavy atom. The molecule has 1 saturated heterocycles. The highest BCUT2D eigenvalue weighted by Crippen LogP contribution is 2.40. The summed E-state index contributed by atoms with van der Waals surface area (Å²) in [5, 5.41) is 4.14. The molecule has 0 unspecified atom stereocenters. The maximum atomic E-state index is 11.7. The molecule has 1 aromatic carbocycles. The highest BCUT2D eigenvalue weighted by Gasteiger charge is 2.41. The number of ether oxygens (including phenoxy) is 1. The molecule has 2 atom stereocenters. The second-order valence-electron chi connectivity index (χ2n) is 7.94. The average molecular weight is 436 g/mol. The summed E-state index contributed by atoms with van der Waals surface area (Å²) in [4.78, 5) is 18.4. The van der Waals surface area contributed by atoms with Gasteiger partial charge in [0.1, 0.15) is 17.6 Å². The molecule has 0 bridgehead atoms. The molecule has 3 heterocycles. The molecular formula is C24H25N3O3S. The Hall–Kier alpha value is -3.19. The topological polar surface area (TPSA) is 67.6 Å². The van der Waals surface area contributed by atoms with Crippen LogP contribution in [-0.4, -0.2) is 34.6 Å². The number of methoxy groups -OCH3 is 1. The molecule has 0 spiro atoms. The number of carbonyl (C=O) groups is 1. The zero-order valence-electron chi connectivity index (χ0n) is 17.7. The standard InChI is InChI=1S/C24H25N3O3S/c1-15(2)14-27-22(21(26-24(27)31)18-6-4-5-13-25-18)20-12-11-19(30-20)16-7-9-17(10-8-16)23(28)29-3/h4-13,15,21-22H,14H2,1-3H3,(H,26,31)/t21-,22+/m1/s1. The number of nitrogens with one attached hydrogen (secondary N) is 1. The van der Waals surface area contributed by atoms with Crippen LogP contribution in [0.1, 0.15) is 47.7 Å². The number of thiocarbonyl (C=S) groups is 1. The van der Waals surface area contributed by atoms with Crippen LogP contribution in [0.4, 0.5) is 0 Å². The molecule has 2 aromatic heterocycles. The molecule has 0 aliphatic carbocycles. The van der Waals surface area contributed by atoms with Crippen molar-refractivity contribution in [2.45, 2.75) is 25.9 Å². The fourth-order valence-corrected chi connectivity index (χ4v) is 4.17. The van der Waals surface area contributed by atoms with Gasteiger partial charge in [0.05, 0.1) is 24.4 Å². The third kappa shape index (κ3) is 4.32. The fourth-order valence-electron chi connectivity index (χ4n) is 3.86. The van der Waals surface area contributed by atoms with Crippen LogP contribution in [0.25, 0.3) is 11.3 Å². The van der Waals surface area contributed by atoms with Crippen LogP contribution >= 0.6 is 12.2 Å². The van der Waals surface area contributed by atoms with Gasteiger partial charge in [0.25, 0.3) is 0 Å². The van der Waals surface area contributed by atoms with Gasteiger partial charge < -0.3 is 19.4 Å². The van der Waals surface area contributed by atoms with Crippen LogP contribution in [0.2, 0.25) is 0 Å². The first-order chi connectivity index (χ1) is 15.0. The predicted molar refractivity (Wildman–Crippen MR) is 122 cm³/mol. The van der Waals surface area contributed by atoms with Crippen LogP contribution in [0.5, 0.6) is 0 Å². The van der Waals surface area contributed by atoms with Crippen molar-refractivity contribution in [1.29, 1.82) is 0 Å². The van der Waals surface area contributed by atoms with E-state index in [1.54, 1.807) is 18.3 Å². The van der Waals surface area contributed by atoms with E-state index in [-0.39, 0.29) is 18.1 Å². The van der Waals surface area contributed by atoms with Crippen LogP contribution in [0, 0.1) is 5.92 Å². The number of rotatable bonds is 6. The van der Waals surface area contributed by atoms with E-state index in [9.17, 15) is 4.79 Å². The van der Waals surface area contributed by atoms with Gasteiger partial charge in [-0.3, -0.25) is 4.98 Å². The van der Waals surface area contributed by atoms with Crippen molar-refractivity contribution < 1.29 is 13.9 Å². The summed E-state index contributed by atoms with van der Waals surface area (Å²) in [7, 11) is 1.37. The smallest absolute Gasteiger partial charge is 0.337 e. The van der Waals surface area contributed by atoms with Crippen molar-refractivity contribution in [3.8, 4) is 11.3 Å². The van der Waals surface area contributed by atoms with Gasteiger partial charge >= 0.3 is 5.97 Å². The summed E-state index contributed by atoms with van der Waals surface area (Å²) in [5.74, 6) is 1.62. The van der Waals surface area contributed by atoms with Gasteiger partial charge in [-0.05, 0) is 54.5 Å². The van der Waals surface area contributed by atoms with E-state index in [0.717, 1.165) is 29.3 Å². The lowest BCUT2D eigenvalue weighted by atomic mass is 10.0. The van der Waals surface area contributed by atoms with Crippen molar-refractivity contribution >= 4 is 23.3 Å². The fraction of sp³-hybridized carbons (Fsp3) is 0.292. The largest absolute Gasteiger partial charge is 0.465 e. The molecule has 6 nitrogen and oxygen atoms in total. The Morgan fingerprint density at radius 2 is 1.97 bits per heavy atom. The molecule has 3 aromatic rings. The third-order valence-corrected chi connectivity index (χ3v) is 5.62. The number of hydrogen-bond donors (Lipinski definition) is 1. The number of furan rings is 1. The summed E-state index contributed by atoms with van der Waals surface area (Å²) in [6.45, 7) is 5.15. The van der Waals surface area contributed by atoms with Crippen LogP contribution < -0.4 is 5.32 Å². The van der Waals surface area contributed by atoms with Gasteiger partial charge in [-0.1, -0.05) is 32.0 Å². The monoisotopic (exact) mass is 435 g/mol. The predicted octanol–water partition coefficient (Wildman–Crippen LogP) is 4.76. The molecule has 0 radical (unpaired) electrons. The summed E-state index contributed by atoms with van der Waals surface area (Å²) >= 11 is 5.67. The summed E-state index contributed by atoms with van der Waals surface area (Å²) in [6.07, 6.45) is 1.79. The molecule has 1 N–H and O–H groups in total. The molecule has 1 aliphatic rings. The average Bonchev–Trinajstić information content (AvgIpc) is 3.39. The molecule has 4 rings (SSSR count). The molecular weight excluding hydrogens is 410 g/mol. The lowest BCUT2D eigenvalue weighted by Crippen LogP contribution is -2.32. The van der Waals surface area contributed by atoms with E-state index >= 15 is 0 Å². The van der Waals surface area contributed by atoms with E-state index in [1.165, 1.54) is 7.11 Å². The normalized spacial score (nSPS) is 18.3. The Balaban J connectivity index is 1.67. The van der Waals surface area contributed by atoms with Crippen LogP contribution in [0.3, 0.4) is 0 Å². The van der Waals surface area contributed by atoms with Gasteiger partial charge in [-0.15, -0.1) is 0 Å². The molecule has 1 aliphatic heterocycles. The lowest BCUT2D eigenvalue weighted by molar-refractivity contribution is 0.0600. The number of nitrogens with zero attached hydrogens (tertiary/aromatic N) is 2. The van der Waals surface area contributed by atoms with Gasteiger partial charge in [-0.2, -0.15) is 0 Å². The zero-order chi connectivity index (χ0) is 22.0. The summed E-state index contributed by atoms with van der Waals surface area (Å²) < 4.78 is 11.1. The first-order valence-corrected chi connectivity index (χ1v) is 10.6. The number of hydrogen-bond acceptors (Lipinski definition) is 5. The molecule has 1 fully saturated rings. The van der Waals surface area contributed by atoms with E-state index in [2.05, 4.69) is 29.0 Å². The number of pyridine rings is 1. The first kappa shape index (κ1) is 21.1. The Morgan fingerprint density at radius 1 is 1.19 bits per heavy atom. The number of carbonyl (C=O) groups excluding carboxylic acids is 1. The van der Waals surface area contributed by atoms with Crippen molar-refractivity contribution in [1.82, 2.24) is 15.2 Å². The molecule has 0 amide bonds. The van der Waals surface area contributed by atoms with E-state index < -0.39 is 0 Å². The lowest BCUT2D eigenvalue weighted by Gasteiger charge is -2.27. The molecule has 7 heteroatoms. The van der Waals surface area contributed by atoms with Crippen LogP contribution in [-0.2, 0) is 4.74 Å². The second kappa shape index (κ2) is 8.89. The number of esters is 1. The maximum absolute atomic E-state index is 11.7. The van der Waals surface area contributed by atoms with E-state index in [4.69, 9.17) is 21.4 Å². The van der Waals surface area contributed by atoms with Crippen molar-refractivity contribution in [3.05, 3.63) is 77.8 Å². The minimum absolute atomic E-state index is 0.104. The second-order valence-corrected chi connectivity index (χ2v) is 8.33. The van der Waals surface area contributed by atoms with Gasteiger partial charge in [-0.25, -0.2) is 4.79 Å². The molecule has 160 valence electrons. The van der Waals surface area contributed by atoms with Gasteiger partial charge in [0, 0.05) is 18.3 Å². The Bertz CT molecular complexity index is 1060. The number of benzene rings is 1. The minimum Gasteiger partial charge on any atom is -0.465 e. The first-order valence-electron chi connectivity index (χ1n) is 10.2. The van der Waals surface area contributed by atoms with E-state index in [0.29, 0.717) is 16.6 Å². The maximum Gasteiger partial charge on any atom is 0.337 e. The number of aromatic nitrogens is 1. The Kier molecular flexibility index (Phi) is 6.04. The van der Waals surface area contributed by atoms with E-state index in [1.807, 2.05) is 42.5 Å². The van der Waals surface area contributed by atoms with Crippen LogP contribution in [0.15, 0.2) is 65.2 Å². The summed E-state index contributed by atoms with van der Waals surface area (Å²) in [6, 6.07) is 16.8. The SMILES string of the molecule is COC(=O)c1ccc(-c2ccc([C@H]3[C@@H](c4ccccn4)NC(=S)N3CC(C)C)o2)cc1. The van der Waals surface area contributed by atoms with Gasteiger partial charge in [0.15, 0.2) is 5.11 Å². The van der Waals surface area contributed by atoms with Crippen molar-refractivity contribution in [2.24, 2.45) is 5.92 Å². The Labute approximate surface area is 187 Å². The molecule has 31 heavy (non-hydrogen) atoms. The minimum atomic E-state index is -0.361. The van der Waals surface area contributed by atoms with Crippen molar-refractivity contribution in [3.63, 3.8) is 0 Å². The quantitative estimate of drug-likeness (QED) is 0.442. The summed E-state index contributed by atoms with van der Waals surface area (Å²) in [5.41, 5.74) is 2.31. The zero-order valence-corrected chi connectivity index (χ0v) is 18.6. The third-order valence-electron chi connectivity index (χ3n) is 5.27. The van der Waals surface area contributed by atoms with Crippen molar-refractivity contribution in [2.75, 3.05) is 13.7 Å². The highest BCUT2D eigenvalue weighted by molar-refractivity contribution is 7.80. The highest BCUT2D eigenvalue weighted by atomic mass is 32.1.